The second kappa shape index (κ2) is 5.51. The molecule has 0 aliphatic heterocycles. The lowest BCUT2D eigenvalue weighted by molar-refractivity contribution is 0.0697. The zero-order valence-corrected chi connectivity index (χ0v) is 11.2. The molecule has 0 bridgehead atoms. The Morgan fingerprint density at radius 1 is 1.20 bits per heavy atom. The highest BCUT2D eigenvalue weighted by molar-refractivity contribution is 5.87. The third-order valence-electron chi connectivity index (χ3n) is 3.55. The van der Waals surface area contributed by atoms with Gasteiger partial charge in [-0.3, -0.25) is 0 Å². The van der Waals surface area contributed by atoms with Gasteiger partial charge in [-0.25, -0.2) is 4.79 Å². The van der Waals surface area contributed by atoms with Gasteiger partial charge in [0.25, 0.3) is 0 Å². The summed E-state index contributed by atoms with van der Waals surface area (Å²) in [6, 6.07) is 9.88. The van der Waals surface area contributed by atoms with Crippen LogP contribution in [0.1, 0.15) is 34.3 Å². The third-order valence-corrected chi connectivity index (χ3v) is 3.55. The normalized spacial score (nSPS) is 14.4. The summed E-state index contributed by atoms with van der Waals surface area (Å²) in [6.45, 7) is 1.69. The summed E-state index contributed by atoms with van der Waals surface area (Å²) in [5.74, 6) is -0.883. The molecular weight excluding hydrogens is 252 g/mol. The standard InChI is InChI=1S/C16H18N2O2/c19-16(20)14-3-1-12(2-4-14)10-18-8-7-13(11-18)9-17-15-5-6-15/h1-4,7-8,11,15,17H,5-6,9-10H2,(H,19,20). The van der Waals surface area contributed by atoms with Crippen LogP contribution in [0.4, 0.5) is 0 Å². The van der Waals surface area contributed by atoms with Gasteiger partial charge in [0.2, 0.25) is 0 Å². The van der Waals surface area contributed by atoms with Crippen molar-refractivity contribution in [3.63, 3.8) is 0 Å². The maximum atomic E-state index is 10.8. The number of aromatic nitrogens is 1. The third kappa shape index (κ3) is 3.27. The Morgan fingerprint density at radius 2 is 1.95 bits per heavy atom. The number of carbonyl (C=O) groups is 1. The van der Waals surface area contributed by atoms with Gasteiger partial charge in [0.05, 0.1) is 5.56 Å². The maximum Gasteiger partial charge on any atom is 0.335 e. The Balaban J connectivity index is 1.60. The topological polar surface area (TPSA) is 54.3 Å². The van der Waals surface area contributed by atoms with Crippen LogP contribution in [-0.2, 0) is 13.1 Å². The van der Waals surface area contributed by atoms with Gasteiger partial charge in [0.1, 0.15) is 0 Å². The molecule has 20 heavy (non-hydrogen) atoms. The van der Waals surface area contributed by atoms with Crippen LogP contribution in [-0.4, -0.2) is 21.7 Å². The van der Waals surface area contributed by atoms with Crippen molar-refractivity contribution >= 4 is 5.97 Å². The van der Waals surface area contributed by atoms with Crippen molar-refractivity contribution < 1.29 is 9.90 Å². The van der Waals surface area contributed by atoms with E-state index in [0.29, 0.717) is 5.56 Å². The zero-order valence-electron chi connectivity index (χ0n) is 11.2. The highest BCUT2D eigenvalue weighted by Crippen LogP contribution is 2.19. The number of nitrogens with one attached hydrogen (secondary N) is 1. The first kappa shape index (κ1) is 12.9. The van der Waals surface area contributed by atoms with E-state index in [1.54, 1.807) is 12.1 Å². The first-order valence-corrected chi connectivity index (χ1v) is 6.91. The summed E-state index contributed by atoms with van der Waals surface area (Å²) in [5.41, 5.74) is 2.72. The molecule has 0 atom stereocenters. The van der Waals surface area contributed by atoms with Gasteiger partial charge in [0.15, 0.2) is 0 Å². The second-order valence-electron chi connectivity index (χ2n) is 5.35. The van der Waals surface area contributed by atoms with E-state index < -0.39 is 5.97 Å². The van der Waals surface area contributed by atoms with E-state index in [-0.39, 0.29) is 0 Å². The Hall–Kier alpha value is -2.07. The predicted molar refractivity (Wildman–Crippen MR) is 76.8 cm³/mol. The number of carboxylic acid groups (broad SMARTS) is 1. The fourth-order valence-electron chi connectivity index (χ4n) is 2.21. The minimum Gasteiger partial charge on any atom is -0.478 e. The molecule has 0 unspecified atom stereocenters. The van der Waals surface area contributed by atoms with Gasteiger partial charge >= 0.3 is 5.97 Å². The fraction of sp³-hybridized carbons (Fsp3) is 0.312. The molecule has 0 spiro atoms. The fourth-order valence-corrected chi connectivity index (χ4v) is 2.21. The lowest BCUT2D eigenvalue weighted by Crippen LogP contribution is -2.14. The van der Waals surface area contributed by atoms with Gasteiger partial charge in [-0.15, -0.1) is 0 Å². The van der Waals surface area contributed by atoms with Gasteiger partial charge in [-0.05, 0) is 42.2 Å². The van der Waals surface area contributed by atoms with Crippen LogP contribution in [0.25, 0.3) is 0 Å². The molecule has 1 heterocycles. The van der Waals surface area contributed by atoms with Gasteiger partial charge in [-0.1, -0.05) is 12.1 Å². The molecule has 1 aromatic carbocycles. The minimum atomic E-state index is -0.883. The Labute approximate surface area is 118 Å². The first-order valence-electron chi connectivity index (χ1n) is 6.91. The number of aromatic carboxylic acids is 1. The minimum absolute atomic E-state index is 0.329. The molecule has 4 heteroatoms. The van der Waals surface area contributed by atoms with E-state index in [0.717, 1.165) is 24.7 Å². The molecule has 1 fully saturated rings. The molecule has 2 aromatic rings. The number of hydrogen-bond donors (Lipinski definition) is 2. The van der Waals surface area contributed by atoms with Crippen LogP contribution in [0.3, 0.4) is 0 Å². The number of nitrogens with zero attached hydrogens (tertiary/aromatic N) is 1. The van der Waals surface area contributed by atoms with E-state index in [9.17, 15) is 4.79 Å². The van der Waals surface area contributed by atoms with Crippen LogP contribution in [0.2, 0.25) is 0 Å². The largest absolute Gasteiger partial charge is 0.478 e. The van der Waals surface area contributed by atoms with E-state index in [1.807, 2.05) is 12.1 Å². The SMILES string of the molecule is O=C(O)c1ccc(Cn2ccc(CNC3CC3)c2)cc1. The number of rotatable bonds is 6. The quantitative estimate of drug-likeness (QED) is 0.848. The van der Waals surface area contributed by atoms with E-state index >= 15 is 0 Å². The summed E-state index contributed by atoms with van der Waals surface area (Å²) in [5, 5.41) is 12.4. The van der Waals surface area contributed by atoms with Crippen molar-refractivity contribution in [3.8, 4) is 0 Å². The van der Waals surface area contributed by atoms with Crippen LogP contribution >= 0.6 is 0 Å². The lowest BCUT2D eigenvalue weighted by Gasteiger charge is -2.04. The number of carboxylic acids is 1. The van der Waals surface area contributed by atoms with Gasteiger partial charge in [-0.2, -0.15) is 0 Å². The highest BCUT2D eigenvalue weighted by atomic mass is 16.4. The molecule has 1 aliphatic rings. The molecule has 1 saturated carbocycles. The van der Waals surface area contributed by atoms with E-state index in [1.165, 1.54) is 18.4 Å². The number of benzene rings is 1. The summed E-state index contributed by atoms with van der Waals surface area (Å²) >= 11 is 0. The van der Waals surface area contributed by atoms with Crippen molar-refractivity contribution in [3.05, 3.63) is 59.4 Å². The predicted octanol–water partition coefficient (Wildman–Crippen LogP) is 2.49. The maximum absolute atomic E-state index is 10.8. The molecule has 0 saturated heterocycles. The van der Waals surface area contributed by atoms with Crippen LogP contribution < -0.4 is 5.32 Å². The Kier molecular flexibility index (Phi) is 3.56. The second-order valence-corrected chi connectivity index (χ2v) is 5.35. The highest BCUT2D eigenvalue weighted by Gasteiger charge is 2.19. The lowest BCUT2D eigenvalue weighted by atomic mass is 10.1. The molecule has 104 valence electrons. The smallest absolute Gasteiger partial charge is 0.335 e. The molecule has 3 rings (SSSR count). The summed E-state index contributed by atoms with van der Waals surface area (Å²) in [7, 11) is 0. The molecule has 0 amide bonds. The molecule has 2 N–H and O–H groups in total. The van der Waals surface area contributed by atoms with E-state index in [4.69, 9.17) is 5.11 Å². The van der Waals surface area contributed by atoms with Crippen molar-refractivity contribution in [2.24, 2.45) is 0 Å². The van der Waals surface area contributed by atoms with Crippen molar-refractivity contribution in [1.82, 2.24) is 9.88 Å². The van der Waals surface area contributed by atoms with Crippen molar-refractivity contribution in [2.45, 2.75) is 32.0 Å². The summed E-state index contributed by atoms with van der Waals surface area (Å²) < 4.78 is 2.12. The zero-order chi connectivity index (χ0) is 13.9. The molecule has 4 nitrogen and oxygen atoms in total. The summed E-state index contributed by atoms with van der Waals surface area (Å²) in [6.07, 6.45) is 6.81. The van der Waals surface area contributed by atoms with Crippen LogP contribution in [0.5, 0.6) is 0 Å². The average molecular weight is 270 g/mol. The molecule has 1 aromatic heterocycles. The molecule has 1 aliphatic carbocycles. The van der Waals surface area contributed by atoms with Crippen molar-refractivity contribution in [2.75, 3.05) is 0 Å². The molecular formula is C16H18N2O2. The first-order chi connectivity index (χ1) is 9.70. The van der Waals surface area contributed by atoms with Crippen LogP contribution in [0, 0.1) is 0 Å². The Morgan fingerprint density at radius 3 is 2.60 bits per heavy atom. The van der Waals surface area contributed by atoms with Crippen molar-refractivity contribution in [1.29, 1.82) is 0 Å². The van der Waals surface area contributed by atoms with Crippen LogP contribution in [0.15, 0.2) is 42.7 Å². The number of hydrogen-bond acceptors (Lipinski definition) is 2. The molecule has 0 radical (unpaired) electrons. The average Bonchev–Trinajstić information content (AvgIpc) is 3.17. The van der Waals surface area contributed by atoms with Gasteiger partial charge in [0, 0.05) is 31.5 Å². The van der Waals surface area contributed by atoms with E-state index in [2.05, 4.69) is 28.3 Å². The Bertz CT molecular complexity index is 597. The van der Waals surface area contributed by atoms with Gasteiger partial charge < -0.3 is 15.0 Å². The summed E-state index contributed by atoms with van der Waals surface area (Å²) in [4.78, 5) is 10.8. The monoisotopic (exact) mass is 270 g/mol.